The van der Waals surface area contributed by atoms with Gasteiger partial charge in [0, 0.05) is 7.05 Å². The van der Waals surface area contributed by atoms with E-state index in [-0.39, 0.29) is 0 Å². The zero-order valence-corrected chi connectivity index (χ0v) is 11.6. The van der Waals surface area contributed by atoms with Gasteiger partial charge in [-0.3, -0.25) is 0 Å². The lowest BCUT2D eigenvalue weighted by Gasteiger charge is -2.13. The molecular weight excluding hydrogens is 246 g/mol. The summed E-state index contributed by atoms with van der Waals surface area (Å²) >= 11 is 0. The molecule has 0 aliphatic heterocycles. The van der Waals surface area contributed by atoms with E-state index < -0.39 is 0 Å². The second kappa shape index (κ2) is 5.34. The average molecular weight is 263 g/mol. The monoisotopic (exact) mass is 263 g/mol. The van der Waals surface area contributed by atoms with Crippen LogP contribution < -0.4 is 0 Å². The first-order chi connectivity index (χ1) is 9.79. The van der Waals surface area contributed by atoms with Gasteiger partial charge in [-0.05, 0) is 37.3 Å². The summed E-state index contributed by atoms with van der Waals surface area (Å²) in [5.74, 6) is 1.22. The third kappa shape index (κ3) is 2.25. The van der Waals surface area contributed by atoms with Gasteiger partial charge in [0.1, 0.15) is 6.07 Å². The molecule has 0 saturated heterocycles. The van der Waals surface area contributed by atoms with Crippen molar-refractivity contribution in [3.8, 4) is 6.07 Å². The van der Waals surface area contributed by atoms with E-state index in [0.717, 1.165) is 36.1 Å². The van der Waals surface area contributed by atoms with Crippen LogP contribution in [0.15, 0.2) is 42.5 Å². The summed E-state index contributed by atoms with van der Waals surface area (Å²) in [6.07, 6.45) is 9.74. The number of benzene rings is 1. The zero-order valence-electron chi connectivity index (χ0n) is 11.6. The van der Waals surface area contributed by atoms with Crippen molar-refractivity contribution >= 4 is 16.6 Å². The summed E-state index contributed by atoms with van der Waals surface area (Å²) in [5.41, 5.74) is 2.69. The average Bonchev–Trinajstić information content (AvgIpc) is 2.83. The number of para-hydroxylation sites is 2. The van der Waals surface area contributed by atoms with E-state index in [9.17, 15) is 5.26 Å². The fraction of sp³-hybridized carbons (Fsp3) is 0.294. The normalized spacial score (nSPS) is 19.2. The Morgan fingerprint density at radius 2 is 2.25 bits per heavy atom. The van der Waals surface area contributed by atoms with Gasteiger partial charge in [-0.1, -0.05) is 30.4 Å². The van der Waals surface area contributed by atoms with E-state index in [4.69, 9.17) is 0 Å². The lowest BCUT2D eigenvalue weighted by Crippen LogP contribution is -2.02. The van der Waals surface area contributed by atoms with Gasteiger partial charge in [0.25, 0.3) is 0 Å². The molecule has 3 rings (SSSR count). The number of hydrogen-bond acceptors (Lipinski definition) is 2. The van der Waals surface area contributed by atoms with Gasteiger partial charge in [0.15, 0.2) is 5.82 Å². The second-order valence-corrected chi connectivity index (χ2v) is 5.22. The third-order valence-electron chi connectivity index (χ3n) is 3.86. The zero-order chi connectivity index (χ0) is 13.9. The molecule has 1 aliphatic carbocycles. The number of aryl methyl sites for hydroxylation is 1. The second-order valence-electron chi connectivity index (χ2n) is 5.22. The molecule has 100 valence electrons. The molecule has 0 spiro atoms. The molecule has 3 nitrogen and oxygen atoms in total. The minimum Gasteiger partial charge on any atom is -0.327 e. The summed E-state index contributed by atoms with van der Waals surface area (Å²) in [6, 6.07) is 10.3. The van der Waals surface area contributed by atoms with Gasteiger partial charge in [0.05, 0.1) is 16.6 Å². The molecule has 2 aromatic rings. The molecule has 0 saturated carbocycles. The van der Waals surface area contributed by atoms with Crippen LogP contribution in [0.1, 0.15) is 25.1 Å². The summed E-state index contributed by atoms with van der Waals surface area (Å²) in [6.45, 7) is 0. The molecule has 3 heteroatoms. The fourth-order valence-electron chi connectivity index (χ4n) is 2.75. The summed E-state index contributed by atoms with van der Waals surface area (Å²) in [5, 5.41) is 9.47. The first kappa shape index (κ1) is 12.7. The third-order valence-corrected chi connectivity index (χ3v) is 3.86. The van der Waals surface area contributed by atoms with Crippen LogP contribution in [0, 0.1) is 17.2 Å². The van der Waals surface area contributed by atoms with Crippen molar-refractivity contribution in [1.82, 2.24) is 9.55 Å². The van der Waals surface area contributed by atoms with Gasteiger partial charge in [0.2, 0.25) is 0 Å². The molecule has 1 atom stereocenters. The molecule has 1 aliphatic rings. The Labute approximate surface area is 118 Å². The highest BCUT2D eigenvalue weighted by molar-refractivity contribution is 5.83. The van der Waals surface area contributed by atoms with Crippen LogP contribution in [0.5, 0.6) is 0 Å². The smallest absolute Gasteiger partial charge is 0.151 e. The minimum atomic E-state index is 0.453. The highest BCUT2D eigenvalue weighted by Gasteiger charge is 2.14. The minimum absolute atomic E-state index is 0.453. The van der Waals surface area contributed by atoms with Crippen molar-refractivity contribution in [2.75, 3.05) is 0 Å². The fourth-order valence-corrected chi connectivity index (χ4v) is 2.75. The van der Waals surface area contributed by atoms with Crippen LogP contribution in [-0.4, -0.2) is 9.55 Å². The largest absolute Gasteiger partial charge is 0.327 e. The molecule has 1 unspecified atom stereocenters. The predicted molar refractivity (Wildman–Crippen MR) is 80.8 cm³/mol. The molecule has 1 heterocycles. The van der Waals surface area contributed by atoms with Crippen molar-refractivity contribution in [2.24, 2.45) is 13.0 Å². The lowest BCUT2D eigenvalue weighted by molar-refractivity contribution is 0.584. The number of nitrogens with zero attached hydrogens (tertiary/aromatic N) is 3. The van der Waals surface area contributed by atoms with Crippen LogP contribution >= 0.6 is 0 Å². The molecule has 0 radical (unpaired) electrons. The van der Waals surface area contributed by atoms with Gasteiger partial charge in [-0.2, -0.15) is 5.26 Å². The standard InChI is InChI=1S/C17H17N3/c1-20-16-10-6-5-9-15(16)19-17(20)14(12-18)11-13-7-3-2-4-8-13/h2-3,5-6,9-11,13H,4,7-8H2,1H3/b14-11+. The van der Waals surface area contributed by atoms with Crippen molar-refractivity contribution in [1.29, 1.82) is 5.26 Å². The molecule has 1 aromatic heterocycles. The van der Waals surface area contributed by atoms with E-state index in [2.05, 4.69) is 29.3 Å². The van der Waals surface area contributed by atoms with Gasteiger partial charge in [-0.15, -0.1) is 0 Å². The summed E-state index contributed by atoms with van der Waals surface area (Å²) in [7, 11) is 1.97. The van der Waals surface area contributed by atoms with Crippen LogP contribution in [0.4, 0.5) is 0 Å². The first-order valence-electron chi connectivity index (χ1n) is 6.98. The van der Waals surface area contributed by atoms with E-state index in [1.807, 2.05) is 35.9 Å². The van der Waals surface area contributed by atoms with Gasteiger partial charge < -0.3 is 4.57 Å². The number of imidazole rings is 1. The SMILES string of the molecule is Cn1c(/C(C#N)=C/C2CC=CCC2)nc2ccccc21. The molecule has 0 N–H and O–H groups in total. The molecule has 20 heavy (non-hydrogen) atoms. The van der Waals surface area contributed by atoms with Crippen molar-refractivity contribution in [2.45, 2.75) is 19.3 Å². The quantitative estimate of drug-likeness (QED) is 0.610. The number of fused-ring (bicyclic) bond motifs is 1. The molecule has 0 bridgehead atoms. The van der Waals surface area contributed by atoms with Crippen LogP contribution in [-0.2, 0) is 7.05 Å². The van der Waals surface area contributed by atoms with E-state index in [1.54, 1.807) is 0 Å². The highest BCUT2D eigenvalue weighted by atomic mass is 15.1. The Morgan fingerprint density at radius 3 is 2.95 bits per heavy atom. The van der Waals surface area contributed by atoms with Gasteiger partial charge >= 0.3 is 0 Å². The van der Waals surface area contributed by atoms with Crippen LogP contribution in [0.3, 0.4) is 0 Å². The van der Waals surface area contributed by atoms with Crippen LogP contribution in [0.2, 0.25) is 0 Å². The van der Waals surface area contributed by atoms with E-state index in [0.29, 0.717) is 11.5 Å². The molecule has 1 aromatic carbocycles. The molecular formula is C17H17N3. The number of nitriles is 1. The van der Waals surface area contributed by atoms with E-state index in [1.165, 1.54) is 0 Å². The Hall–Kier alpha value is -2.34. The number of hydrogen-bond donors (Lipinski definition) is 0. The van der Waals surface area contributed by atoms with Crippen molar-refractivity contribution < 1.29 is 0 Å². The first-order valence-corrected chi connectivity index (χ1v) is 6.98. The number of aromatic nitrogens is 2. The van der Waals surface area contributed by atoms with Crippen LogP contribution in [0.25, 0.3) is 16.6 Å². The maximum atomic E-state index is 9.47. The lowest BCUT2D eigenvalue weighted by atomic mass is 9.92. The Bertz CT molecular complexity index is 728. The maximum absolute atomic E-state index is 9.47. The Morgan fingerprint density at radius 1 is 1.40 bits per heavy atom. The molecule has 0 amide bonds. The Balaban J connectivity index is 2.03. The molecule has 0 fully saturated rings. The topological polar surface area (TPSA) is 41.6 Å². The predicted octanol–water partition coefficient (Wildman–Crippen LogP) is 3.84. The maximum Gasteiger partial charge on any atom is 0.151 e. The van der Waals surface area contributed by atoms with E-state index >= 15 is 0 Å². The Kier molecular flexibility index (Phi) is 3.39. The number of allylic oxidation sites excluding steroid dienone is 4. The highest BCUT2D eigenvalue weighted by Crippen LogP contribution is 2.25. The summed E-state index contributed by atoms with van der Waals surface area (Å²) < 4.78 is 2.00. The van der Waals surface area contributed by atoms with Crippen molar-refractivity contribution in [3.05, 3.63) is 48.3 Å². The van der Waals surface area contributed by atoms with Gasteiger partial charge in [-0.25, -0.2) is 4.98 Å². The number of rotatable bonds is 2. The van der Waals surface area contributed by atoms with Crippen molar-refractivity contribution in [3.63, 3.8) is 0 Å². The summed E-state index contributed by atoms with van der Waals surface area (Å²) in [4.78, 5) is 4.60.